The van der Waals surface area contributed by atoms with E-state index in [0.29, 0.717) is 17.2 Å². The molecule has 1 aromatic carbocycles. The van der Waals surface area contributed by atoms with Gasteiger partial charge in [-0.2, -0.15) is 4.31 Å². The lowest BCUT2D eigenvalue weighted by Gasteiger charge is -2.18. The van der Waals surface area contributed by atoms with Crippen LogP contribution in [0.1, 0.15) is 11.4 Å². The first-order chi connectivity index (χ1) is 11.4. The normalized spacial score (nSPS) is 12.0. The van der Waals surface area contributed by atoms with Crippen LogP contribution in [-0.2, 0) is 16.6 Å². The second-order valence-electron chi connectivity index (χ2n) is 5.46. The molecule has 0 saturated carbocycles. The molecule has 2 aromatic heterocycles. The molecule has 0 fully saturated rings. The van der Waals surface area contributed by atoms with Crippen LogP contribution >= 0.6 is 0 Å². The van der Waals surface area contributed by atoms with Gasteiger partial charge in [-0.3, -0.25) is 4.40 Å². The first kappa shape index (κ1) is 16.4. The second kappa shape index (κ2) is 6.21. The number of ether oxygens (including phenoxy) is 1. The average Bonchev–Trinajstić information content (AvgIpc) is 2.98. The van der Waals surface area contributed by atoms with Gasteiger partial charge in [0.15, 0.2) is 11.5 Å². The van der Waals surface area contributed by atoms with Crippen molar-refractivity contribution in [3.8, 4) is 5.75 Å². The van der Waals surface area contributed by atoms with Crippen LogP contribution in [0.25, 0.3) is 5.65 Å². The number of hydrogen-bond donors (Lipinski definition) is 0. The lowest BCUT2D eigenvalue weighted by molar-refractivity contribution is 0.396. The highest BCUT2D eigenvalue weighted by atomic mass is 32.2. The van der Waals surface area contributed by atoms with E-state index < -0.39 is 10.0 Å². The standard InChI is InChI=1S/C16H18N4O3S/c1-12-7-8-13(23-3)14(10-12)24(21,22)19(2)11-16-18-17-15-6-4-5-9-20(15)16/h4-10H,11H2,1-3H3. The Bertz CT molecular complexity index is 982. The number of nitrogens with zero attached hydrogens (tertiary/aromatic N) is 4. The highest BCUT2D eigenvalue weighted by Gasteiger charge is 2.26. The molecule has 0 N–H and O–H groups in total. The zero-order chi connectivity index (χ0) is 17.3. The molecule has 2 heterocycles. The van der Waals surface area contributed by atoms with Crippen LogP contribution in [0, 0.1) is 6.92 Å². The highest BCUT2D eigenvalue weighted by Crippen LogP contribution is 2.27. The van der Waals surface area contributed by atoms with Crippen molar-refractivity contribution in [2.24, 2.45) is 0 Å². The lowest BCUT2D eigenvalue weighted by Crippen LogP contribution is -2.28. The summed E-state index contributed by atoms with van der Waals surface area (Å²) >= 11 is 0. The van der Waals surface area contributed by atoms with E-state index in [1.807, 2.05) is 31.2 Å². The zero-order valence-electron chi connectivity index (χ0n) is 13.7. The fourth-order valence-corrected chi connectivity index (χ4v) is 3.80. The van der Waals surface area contributed by atoms with Crippen LogP contribution < -0.4 is 4.74 Å². The SMILES string of the molecule is COc1ccc(C)cc1S(=O)(=O)N(C)Cc1nnc2ccccn12. The second-order valence-corrected chi connectivity index (χ2v) is 7.47. The Balaban J connectivity index is 1.97. The van der Waals surface area contributed by atoms with Crippen molar-refractivity contribution < 1.29 is 13.2 Å². The van der Waals surface area contributed by atoms with Crippen molar-refractivity contribution in [2.75, 3.05) is 14.2 Å². The first-order valence-electron chi connectivity index (χ1n) is 7.33. The molecule has 24 heavy (non-hydrogen) atoms. The summed E-state index contributed by atoms with van der Waals surface area (Å²) in [5, 5.41) is 8.12. The molecular weight excluding hydrogens is 328 g/mol. The number of hydrogen-bond acceptors (Lipinski definition) is 5. The molecule has 0 aliphatic rings. The van der Waals surface area contributed by atoms with Gasteiger partial charge in [0, 0.05) is 13.2 Å². The maximum absolute atomic E-state index is 12.9. The van der Waals surface area contributed by atoms with Crippen LogP contribution in [0.2, 0.25) is 0 Å². The number of aromatic nitrogens is 3. The van der Waals surface area contributed by atoms with Gasteiger partial charge in [0.05, 0.1) is 13.7 Å². The molecular formula is C16H18N4O3S. The topological polar surface area (TPSA) is 76.8 Å². The predicted molar refractivity (Wildman–Crippen MR) is 89.4 cm³/mol. The molecule has 0 aliphatic heterocycles. The van der Waals surface area contributed by atoms with Gasteiger partial charge in [-0.05, 0) is 36.8 Å². The van der Waals surface area contributed by atoms with E-state index in [1.54, 1.807) is 22.7 Å². The van der Waals surface area contributed by atoms with Crippen molar-refractivity contribution in [3.63, 3.8) is 0 Å². The summed E-state index contributed by atoms with van der Waals surface area (Å²) < 4.78 is 34.0. The van der Waals surface area contributed by atoms with Crippen molar-refractivity contribution in [1.29, 1.82) is 0 Å². The smallest absolute Gasteiger partial charge is 0.246 e. The largest absolute Gasteiger partial charge is 0.495 e. The monoisotopic (exact) mass is 346 g/mol. The van der Waals surface area contributed by atoms with Gasteiger partial charge in [0.2, 0.25) is 10.0 Å². The minimum Gasteiger partial charge on any atom is -0.495 e. The van der Waals surface area contributed by atoms with Crippen LogP contribution in [0.3, 0.4) is 0 Å². The van der Waals surface area contributed by atoms with E-state index >= 15 is 0 Å². The molecule has 3 rings (SSSR count). The Labute approximate surface area is 140 Å². The summed E-state index contributed by atoms with van der Waals surface area (Å²) in [7, 11) is -0.753. The van der Waals surface area contributed by atoms with Crippen molar-refractivity contribution in [2.45, 2.75) is 18.4 Å². The molecule has 7 nitrogen and oxygen atoms in total. The average molecular weight is 346 g/mol. The minimum atomic E-state index is -3.72. The van der Waals surface area contributed by atoms with Crippen LogP contribution in [0.5, 0.6) is 5.75 Å². The maximum atomic E-state index is 12.9. The van der Waals surface area contributed by atoms with E-state index in [2.05, 4.69) is 10.2 Å². The van der Waals surface area contributed by atoms with E-state index in [-0.39, 0.29) is 11.4 Å². The van der Waals surface area contributed by atoms with Gasteiger partial charge in [-0.15, -0.1) is 10.2 Å². The van der Waals surface area contributed by atoms with E-state index in [0.717, 1.165) is 5.56 Å². The quantitative estimate of drug-likeness (QED) is 0.705. The highest BCUT2D eigenvalue weighted by molar-refractivity contribution is 7.89. The van der Waals surface area contributed by atoms with Gasteiger partial charge in [0.25, 0.3) is 0 Å². The Morgan fingerprint density at radius 1 is 1.21 bits per heavy atom. The number of sulfonamides is 1. The summed E-state index contributed by atoms with van der Waals surface area (Å²) in [6.07, 6.45) is 1.80. The first-order valence-corrected chi connectivity index (χ1v) is 8.77. The zero-order valence-corrected chi connectivity index (χ0v) is 14.5. The third-order valence-electron chi connectivity index (χ3n) is 3.76. The summed E-state index contributed by atoms with van der Waals surface area (Å²) in [4.78, 5) is 0.140. The van der Waals surface area contributed by atoms with E-state index in [1.165, 1.54) is 18.5 Å². The van der Waals surface area contributed by atoms with Crippen molar-refractivity contribution in [1.82, 2.24) is 18.9 Å². The van der Waals surface area contributed by atoms with Crippen LogP contribution in [0.15, 0.2) is 47.5 Å². The molecule has 0 bridgehead atoms. The van der Waals surface area contributed by atoms with Gasteiger partial charge >= 0.3 is 0 Å². The maximum Gasteiger partial charge on any atom is 0.246 e. The molecule has 0 amide bonds. The lowest BCUT2D eigenvalue weighted by atomic mass is 10.2. The van der Waals surface area contributed by atoms with Crippen LogP contribution in [-0.4, -0.2) is 41.5 Å². The number of methoxy groups -OCH3 is 1. The molecule has 0 aliphatic carbocycles. The summed E-state index contributed by atoms with van der Waals surface area (Å²) in [5.74, 6) is 0.863. The number of pyridine rings is 1. The molecule has 3 aromatic rings. The number of benzene rings is 1. The Morgan fingerprint density at radius 2 is 2.00 bits per heavy atom. The molecule has 0 atom stereocenters. The van der Waals surface area contributed by atoms with Gasteiger partial charge < -0.3 is 4.74 Å². The summed E-state index contributed by atoms with van der Waals surface area (Å²) in [6, 6.07) is 10.6. The van der Waals surface area contributed by atoms with Crippen LogP contribution in [0.4, 0.5) is 0 Å². The Kier molecular flexibility index (Phi) is 4.25. The number of aryl methyl sites for hydroxylation is 1. The predicted octanol–water partition coefficient (Wildman–Crippen LogP) is 1.87. The Morgan fingerprint density at radius 3 is 2.75 bits per heavy atom. The van der Waals surface area contributed by atoms with Gasteiger partial charge in [-0.25, -0.2) is 8.42 Å². The molecule has 0 unspecified atom stereocenters. The molecule has 126 valence electrons. The third kappa shape index (κ3) is 2.85. The van der Waals surface area contributed by atoms with Gasteiger partial charge in [-0.1, -0.05) is 12.1 Å². The molecule has 0 spiro atoms. The van der Waals surface area contributed by atoms with Crippen molar-refractivity contribution >= 4 is 15.7 Å². The number of fused-ring (bicyclic) bond motifs is 1. The number of rotatable bonds is 5. The van der Waals surface area contributed by atoms with E-state index in [4.69, 9.17) is 4.74 Å². The Hall–Kier alpha value is -2.45. The van der Waals surface area contributed by atoms with Crippen molar-refractivity contribution in [3.05, 3.63) is 54.0 Å². The molecule has 0 saturated heterocycles. The fourth-order valence-electron chi connectivity index (χ4n) is 2.44. The minimum absolute atomic E-state index is 0.102. The third-order valence-corrected chi connectivity index (χ3v) is 5.58. The molecule has 8 heteroatoms. The summed E-state index contributed by atoms with van der Waals surface area (Å²) in [6.45, 7) is 1.94. The molecule has 0 radical (unpaired) electrons. The van der Waals surface area contributed by atoms with Gasteiger partial charge in [0.1, 0.15) is 10.6 Å². The van der Waals surface area contributed by atoms with E-state index in [9.17, 15) is 8.42 Å². The summed E-state index contributed by atoms with van der Waals surface area (Å²) in [5.41, 5.74) is 1.52. The fraction of sp³-hybridized carbons (Fsp3) is 0.250.